The van der Waals surface area contributed by atoms with Crippen LogP contribution in [0.25, 0.3) is 17.0 Å². The molecule has 1 aliphatic heterocycles. The van der Waals surface area contributed by atoms with Gasteiger partial charge >= 0.3 is 6.03 Å². The first-order valence-electron chi connectivity index (χ1n) is 10.9. The molecular weight excluding hydrogens is 473 g/mol. The number of anilines is 1. The summed E-state index contributed by atoms with van der Waals surface area (Å²) in [5.41, 5.74) is 2.23. The van der Waals surface area contributed by atoms with Gasteiger partial charge in [-0.05, 0) is 67.1 Å². The average molecular weight is 492 g/mol. The first kappa shape index (κ1) is 23.2. The van der Waals surface area contributed by atoms with Crippen LogP contribution in [-0.4, -0.2) is 23.3 Å². The van der Waals surface area contributed by atoms with Gasteiger partial charge in [0.1, 0.15) is 11.6 Å². The van der Waals surface area contributed by atoms with Crippen molar-refractivity contribution < 1.29 is 27.2 Å². The van der Waals surface area contributed by atoms with Gasteiger partial charge in [0.25, 0.3) is 5.89 Å². The van der Waals surface area contributed by atoms with Gasteiger partial charge in [-0.2, -0.15) is 4.98 Å². The maximum Gasteiger partial charge on any atom is 0.326 e. The number of allylic oxidation sites excluding steroid dienone is 1. The van der Waals surface area contributed by atoms with E-state index in [1.807, 2.05) is 0 Å². The van der Waals surface area contributed by atoms with Crippen LogP contribution < -0.4 is 15.0 Å². The third kappa shape index (κ3) is 4.17. The predicted octanol–water partition coefficient (Wildman–Crippen LogP) is 5.86. The van der Waals surface area contributed by atoms with Crippen molar-refractivity contribution in [2.75, 3.05) is 12.0 Å². The summed E-state index contributed by atoms with van der Waals surface area (Å²) >= 11 is 0. The van der Waals surface area contributed by atoms with Crippen LogP contribution >= 0.6 is 0 Å². The van der Waals surface area contributed by atoms with Crippen molar-refractivity contribution in [2.45, 2.75) is 13.0 Å². The second kappa shape index (κ2) is 9.21. The maximum absolute atomic E-state index is 14.3. The molecule has 1 N–H and O–H groups in total. The van der Waals surface area contributed by atoms with Gasteiger partial charge in [0.05, 0.1) is 24.4 Å². The van der Waals surface area contributed by atoms with Gasteiger partial charge in [0.15, 0.2) is 11.6 Å². The third-order valence-corrected chi connectivity index (χ3v) is 5.84. The highest BCUT2D eigenvalue weighted by Crippen LogP contribution is 2.39. The van der Waals surface area contributed by atoms with E-state index in [-0.39, 0.29) is 17.5 Å². The molecule has 1 aliphatic rings. The summed E-state index contributed by atoms with van der Waals surface area (Å²) in [6.07, 6.45) is 0. The molecule has 0 saturated heterocycles. The van der Waals surface area contributed by atoms with Gasteiger partial charge in [-0.25, -0.2) is 18.0 Å². The number of halogens is 3. The van der Waals surface area contributed by atoms with Gasteiger partial charge in [-0.3, -0.25) is 4.90 Å². The largest absolute Gasteiger partial charge is 0.494 e. The van der Waals surface area contributed by atoms with Crippen LogP contribution in [0.1, 0.15) is 24.4 Å². The number of rotatable bonds is 5. The molecule has 2 amide bonds. The molecule has 182 valence electrons. The Morgan fingerprint density at radius 3 is 2.28 bits per heavy atom. The van der Waals surface area contributed by atoms with Crippen molar-refractivity contribution >= 4 is 17.3 Å². The quantitative estimate of drug-likeness (QED) is 0.377. The Hall–Kier alpha value is -4.60. The fraction of sp³-hybridized carbons (Fsp3) is 0.115. The SMILES string of the molecule is COc1ccc(-c2noc(C3=C(C)N(c4ccc(F)cc4)C(=O)NC3c3ccc(F)cc3)n2)cc1F. The minimum Gasteiger partial charge on any atom is -0.494 e. The first-order chi connectivity index (χ1) is 17.4. The van der Waals surface area contributed by atoms with E-state index in [9.17, 15) is 18.0 Å². The fourth-order valence-electron chi connectivity index (χ4n) is 4.08. The summed E-state index contributed by atoms with van der Waals surface area (Å²) in [5.74, 6) is -1.21. The number of benzene rings is 3. The number of hydrogen-bond acceptors (Lipinski definition) is 5. The average Bonchev–Trinajstić information content (AvgIpc) is 3.35. The van der Waals surface area contributed by atoms with E-state index in [1.165, 1.54) is 72.7 Å². The van der Waals surface area contributed by atoms with Crippen LogP contribution in [-0.2, 0) is 0 Å². The highest BCUT2D eigenvalue weighted by Gasteiger charge is 2.36. The lowest BCUT2D eigenvalue weighted by atomic mass is 9.94. The molecular formula is C26H19F3N4O3. The standard InChI is InChI=1S/C26H19F3N4O3/c1-14-22(25-31-24(32-36-25)16-5-12-21(35-2)20(29)13-16)23(15-3-6-17(27)7-4-15)30-26(34)33(14)19-10-8-18(28)9-11-19/h3-13,23H,1-2H3,(H,30,34). The molecule has 1 aromatic heterocycles. The molecule has 0 fully saturated rings. The molecule has 0 aliphatic carbocycles. The number of carbonyl (C=O) groups excluding carboxylic acids is 1. The molecule has 0 bridgehead atoms. The first-order valence-corrected chi connectivity index (χ1v) is 10.9. The molecule has 1 unspecified atom stereocenters. The summed E-state index contributed by atoms with van der Waals surface area (Å²) in [5, 5.41) is 6.87. The van der Waals surface area contributed by atoms with Gasteiger partial charge in [-0.15, -0.1) is 0 Å². The van der Waals surface area contributed by atoms with Crippen molar-refractivity contribution in [3.8, 4) is 17.1 Å². The van der Waals surface area contributed by atoms with E-state index in [1.54, 1.807) is 13.0 Å². The minimum absolute atomic E-state index is 0.0696. The van der Waals surface area contributed by atoms with Crippen molar-refractivity contribution in [3.63, 3.8) is 0 Å². The highest BCUT2D eigenvalue weighted by atomic mass is 19.1. The second-order valence-electron chi connectivity index (χ2n) is 8.02. The van der Waals surface area contributed by atoms with Crippen molar-refractivity contribution in [1.29, 1.82) is 0 Å². The summed E-state index contributed by atoms with van der Waals surface area (Å²) in [4.78, 5) is 18.9. The number of nitrogens with zero attached hydrogens (tertiary/aromatic N) is 3. The minimum atomic E-state index is -0.754. The molecule has 7 nitrogen and oxygen atoms in total. The second-order valence-corrected chi connectivity index (χ2v) is 8.02. The van der Waals surface area contributed by atoms with Gasteiger partial charge in [0, 0.05) is 11.3 Å². The lowest BCUT2D eigenvalue weighted by molar-refractivity contribution is 0.244. The van der Waals surface area contributed by atoms with Gasteiger partial charge < -0.3 is 14.6 Å². The van der Waals surface area contributed by atoms with Crippen LogP contribution in [0.3, 0.4) is 0 Å². The summed E-state index contributed by atoms with van der Waals surface area (Å²) in [7, 11) is 1.36. The molecule has 10 heteroatoms. The number of ether oxygens (including phenoxy) is 1. The summed E-state index contributed by atoms with van der Waals surface area (Å²) in [6.45, 7) is 1.69. The third-order valence-electron chi connectivity index (χ3n) is 5.84. The Bertz CT molecular complexity index is 1470. The summed E-state index contributed by atoms with van der Waals surface area (Å²) < 4.78 is 51.9. The number of amides is 2. The van der Waals surface area contributed by atoms with Gasteiger partial charge in [-0.1, -0.05) is 17.3 Å². The zero-order valence-corrected chi connectivity index (χ0v) is 19.1. The number of hydrogen-bond donors (Lipinski definition) is 1. The Morgan fingerprint density at radius 2 is 1.64 bits per heavy atom. The molecule has 3 aromatic carbocycles. The number of carbonyl (C=O) groups is 1. The zero-order valence-electron chi connectivity index (χ0n) is 19.1. The molecule has 36 heavy (non-hydrogen) atoms. The molecule has 0 saturated carbocycles. The van der Waals surface area contributed by atoms with Crippen LogP contribution in [0.2, 0.25) is 0 Å². The zero-order chi connectivity index (χ0) is 25.4. The monoisotopic (exact) mass is 492 g/mol. The number of methoxy groups -OCH3 is 1. The van der Waals surface area contributed by atoms with Crippen molar-refractivity contribution in [3.05, 3.63) is 101 Å². The predicted molar refractivity (Wildman–Crippen MR) is 125 cm³/mol. The normalized spacial score (nSPS) is 15.8. The number of urea groups is 1. The van der Waals surface area contributed by atoms with Crippen LogP contribution in [0, 0.1) is 17.5 Å². The molecule has 5 rings (SSSR count). The Morgan fingerprint density at radius 1 is 0.972 bits per heavy atom. The van der Waals surface area contributed by atoms with Crippen LogP contribution in [0.5, 0.6) is 5.75 Å². The highest BCUT2D eigenvalue weighted by molar-refractivity contribution is 6.01. The van der Waals surface area contributed by atoms with E-state index in [0.29, 0.717) is 28.1 Å². The van der Waals surface area contributed by atoms with E-state index in [2.05, 4.69) is 15.5 Å². The van der Waals surface area contributed by atoms with E-state index in [0.717, 1.165) is 0 Å². The molecule has 0 radical (unpaired) electrons. The Labute approximate surface area is 203 Å². The molecule has 2 heterocycles. The summed E-state index contributed by atoms with van der Waals surface area (Å²) in [6, 6.07) is 14.1. The molecule has 4 aromatic rings. The van der Waals surface area contributed by atoms with Crippen molar-refractivity contribution in [1.82, 2.24) is 15.5 Å². The Balaban J connectivity index is 1.63. The smallest absolute Gasteiger partial charge is 0.326 e. The lowest BCUT2D eigenvalue weighted by Crippen LogP contribution is -2.46. The topological polar surface area (TPSA) is 80.5 Å². The maximum atomic E-state index is 14.3. The molecule has 0 spiro atoms. The van der Waals surface area contributed by atoms with E-state index in [4.69, 9.17) is 9.26 Å². The number of aromatic nitrogens is 2. The van der Waals surface area contributed by atoms with Gasteiger partial charge in [0.2, 0.25) is 5.82 Å². The van der Waals surface area contributed by atoms with Crippen LogP contribution in [0.4, 0.5) is 23.7 Å². The van der Waals surface area contributed by atoms with Crippen molar-refractivity contribution in [2.24, 2.45) is 0 Å². The molecule has 1 atom stereocenters. The number of nitrogens with one attached hydrogen (secondary N) is 1. The van der Waals surface area contributed by atoms with E-state index >= 15 is 0 Å². The Kier molecular flexibility index (Phi) is 5.93. The fourth-order valence-corrected chi connectivity index (χ4v) is 4.08. The van der Waals surface area contributed by atoms with Crippen LogP contribution in [0.15, 0.2) is 77.0 Å². The van der Waals surface area contributed by atoms with E-state index < -0.39 is 29.5 Å². The lowest BCUT2D eigenvalue weighted by Gasteiger charge is -2.35.